The zero-order chi connectivity index (χ0) is 19.7. The maximum absolute atomic E-state index is 13.0. The summed E-state index contributed by atoms with van der Waals surface area (Å²) in [5.74, 6) is -0.321. The number of nitrogens with two attached hydrogens (primary N) is 2. The smallest absolute Gasteiger partial charge is 0.411 e. The number of amides is 2. The third kappa shape index (κ3) is 4.04. The van der Waals surface area contributed by atoms with Crippen LogP contribution in [-0.2, 0) is 16.1 Å². The fourth-order valence-electron chi connectivity index (χ4n) is 3.02. The summed E-state index contributed by atoms with van der Waals surface area (Å²) in [5.41, 5.74) is 11.4. The van der Waals surface area contributed by atoms with Crippen molar-refractivity contribution in [2.45, 2.75) is 58.2 Å². The molecule has 2 rings (SSSR count). The highest BCUT2D eigenvalue weighted by Gasteiger charge is 2.47. The molecule has 26 heavy (non-hydrogen) atoms. The lowest BCUT2D eigenvalue weighted by molar-refractivity contribution is -0.125. The standard InChI is InChI=1S/C18H27ClN4O3/c1-17(2,3)26-16(25)23-9-5-8-18(23,4)15(24)22-13-7-6-12(19)11(10-20)14(13)21/h6-7H,5,8-10,20-21H2,1-4H3,(H,22,24)/t18-/m0/s1. The highest BCUT2D eigenvalue weighted by molar-refractivity contribution is 6.32. The molecule has 1 fully saturated rings. The van der Waals surface area contributed by atoms with Gasteiger partial charge < -0.3 is 21.5 Å². The van der Waals surface area contributed by atoms with Crippen LogP contribution in [0.2, 0.25) is 5.02 Å². The van der Waals surface area contributed by atoms with Crippen molar-refractivity contribution in [2.24, 2.45) is 5.73 Å². The third-order valence-electron chi connectivity index (χ3n) is 4.50. The lowest BCUT2D eigenvalue weighted by Gasteiger charge is -2.35. The first kappa shape index (κ1) is 20.3. The zero-order valence-corrected chi connectivity index (χ0v) is 16.4. The predicted molar refractivity (Wildman–Crippen MR) is 103 cm³/mol. The minimum absolute atomic E-state index is 0.162. The van der Waals surface area contributed by atoms with Crippen molar-refractivity contribution in [1.29, 1.82) is 0 Å². The number of carbonyl (C=O) groups is 2. The molecule has 0 unspecified atom stereocenters. The molecule has 1 aliphatic rings. The summed E-state index contributed by atoms with van der Waals surface area (Å²) in [7, 11) is 0. The molecule has 1 aliphatic heterocycles. The first-order chi connectivity index (χ1) is 12.0. The summed E-state index contributed by atoms with van der Waals surface area (Å²) >= 11 is 6.08. The van der Waals surface area contributed by atoms with Crippen molar-refractivity contribution in [1.82, 2.24) is 4.90 Å². The molecule has 144 valence electrons. The molecule has 0 spiro atoms. The Morgan fingerprint density at radius 2 is 2.04 bits per heavy atom. The number of benzene rings is 1. The Bertz CT molecular complexity index is 717. The number of halogens is 1. The van der Waals surface area contributed by atoms with Gasteiger partial charge in [0.15, 0.2) is 0 Å². The summed E-state index contributed by atoms with van der Waals surface area (Å²) in [6.45, 7) is 7.73. The first-order valence-corrected chi connectivity index (χ1v) is 8.96. The van der Waals surface area contributed by atoms with Crippen LogP contribution in [0.1, 0.15) is 46.1 Å². The lowest BCUT2D eigenvalue weighted by Crippen LogP contribution is -2.54. The number of hydrogen-bond acceptors (Lipinski definition) is 5. The van der Waals surface area contributed by atoms with Crippen LogP contribution < -0.4 is 16.8 Å². The SMILES string of the molecule is CC(C)(C)OC(=O)N1CCC[C@@]1(C)C(=O)Nc1ccc(Cl)c(CN)c1N. The van der Waals surface area contributed by atoms with Crippen LogP contribution in [0, 0.1) is 0 Å². The monoisotopic (exact) mass is 382 g/mol. The second kappa shape index (κ2) is 7.32. The van der Waals surface area contributed by atoms with Gasteiger partial charge in [-0.1, -0.05) is 11.6 Å². The van der Waals surface area contributed by atoms with E-state index in [9.17, 15) is 9.59 Å². The van der Waals surface area contributed by atoms with Gasteiger partial charge in [0.25, 0.3) is 0 Å². The molecule has 7 nitrogen and oxygen atoms in total. The zero-order valence-electron chi connectivity index (χ0n) is 15.7. The van der Waals surface area contributed by atoms with Gasteiger partial charge in [-0.3, -0.25) is 9.69 Å². The number of hydrogen-bond donors (Lipinski definition) is 3. The van der Waals surface area contributed by atoms with Gasteiger partial charge in [0, 0.05) is 23.7 Å². The van der Waals surface area contributed by atoms with Crippen molar-refractivity contribution in [3.05, 3.63) is 22.7 Å². The summed E-state index contributed by atoms with van der Waals surface area (Å²) in [6, 6.07) is 3.27. The highest BCUT2D eigenvalue weighted by Crippen LogP contribution is 2.34. The summed E-state index contributed by atoms with van der Waals surface area (Å²) < 4.78 is 5.44. The van der Waals surface area contributed by atoms with Crippen LogP contribution in [0.4, 0.5) is 16.2 Å². The van der Waals surface area contributed by atoms with Gasteiger partial charge in [0.05, 0.1) is 11.4 Å². The van der Waals surface area contributed by atoms with Crippen LogP contribution in [-0.4, -0.2) is 34.6 Å². The molecule has 0 saturated carbocycles. The van der Waals surface area contributed by atoms with Crippen LogP contribution in [0.15, 0.2) is 12.1 Å². The molecular formula is C18H27ClN4O3. The number of nitrogens with one attached hydrogen (secondary N) is 1. The van der Waals surface area contributed by atoms with E-state index in [4.69, 9.17) is 27.8 Å². The average Bonchev–Trinajstić information content (AvgIpc) is 2.92. The van der Waals surface area contributed by atoms with Crippen LogP contribution in [0.3, 0.4) is 0 Å². The Labute approximate surface area is 159 Å². The molecule has 1 aromatic rings. The van der Waals surface area contributed by atoms with Gasteiger partial charge in [0.2, 0.25) is 5.91 Å². The van der Waals surface area contributed by atoms with Crippen LogP contribution in [0.5, 0.6) is 0 Å². The maximum atomic E-state index is 13.0. The van der Waals surface area contributed by atoms with Gasteiger partial charge in [0.1, 0.15) is 11.1 Å². The number of rotatable bonds is 3. The summed E-state index contributed by atoms with van der Waals surface area (Å²) in [5, 5.41) is 3.26. The number of nitrogens with zero attached hydrogens (tertiary/aromatic N) is 1. The minimum atomic E-state index is -1.02. The molecule has 1 saturated heterocycles. The molecule has 2 amide bonds. The molecular weight excluding hydrogens is 356 g/mol. The van der Waals surface area contributed by atoms with E-state index in [0.29, 0.717) is 41.3 Å². The van der Waals surface area contributed by atoms with E-state index >= 15 is 0 Å². The predicted octanol–water partition coefficient (Wildman–Crippen LogP) is 3.11. The topological polar surface area (TPSA) is 111 Å². The van der Waals surface area contributed by atoms with E-state index in [1.165, 1.54) is 4.90 Å². The second-order valence-electron chi connectivity index (χ2n) is 7.65. The first-order valence-electron chi connectivity index (χ1n) is 8.58. The molecule has 1 heterocycles. The van der Waals surface area contributed by atoms with Crippen molar-refractivity contribution in [2.75, 3.05) is 17.6 Å². The maximum Gasteiger partial charge on any atom is 0.411 e. The van der Waals surface area contributed by atoms with Crippen molar-refractivity contribution in [3.63, 3.8) is 0 Å². The van der Waals surface area contributed by atoms with E-state index in [-0.39, 0.29) is 12.5 Å². The van der Waals surface area contributed by atoms with Crippen molar-refractivity contribution < 1.29 is 14.3 Å². The summed E-state index contributed by atoms with van der Waals surface area (Å²) in [6.07, 6.45) is 0.752. The molecule has 1 atom stereocenters. The second-order valence-corrected chi connectivity index (χ2v) is 8.06. The highest BCUT2D eigenvalue weighted by atomic mass is 35.5. The van der Waals surface area contributed by atoms with E-state index in [2.05, 4.69) is 5.32 Å². The Kier molecular flexibility index (Phi) is 5.73. The Morgan fingerprint density at radius 1 is 1.38 bits per heavy atom. The van der Waals surface area contributed by atoms with E-state index < -0.39 is 17.2 Å². The molecule has 0 radical (unpaired) electrons. The quantitative estimate of drug-likeness (QED) is 0.695. The molecule has 0 bridgehead atoms. The van der Waals surface area contributed by atoms with Crippen LogP contribution in [0.25, 0.3) is 0 Å². The normalized spacial score (nSPS) is 20.2. The van der Waals surface area contributed by atoms with Gasteiger partial charge >= 0.3 is 6.09 Å². The number of carbonyl (C=O) groups excluding carboxylic acids is 2. The largest absolute Gasteiger partial charge is 0.444 e. The Hall–Kier alpha value is -1.99. The molecule has 0 aliphatic carbocycles. The molecule has 8 heteroatoms. The van der Waals surface area contributed by atoms with E-state index in [1.54, 1.807) is 39.8 Å². The number of ether oxygens (including phenoxy) is 1. The van der Waals surface area contributed by atoms with Crippen LogP contribution >= 0.6 is 11.6 Å². The molecule has 0 aromatic heterocycles. The van der Waals surface area contributed by atoms with Gasteiger partial charge in [-0.15, -0.1) is 0 Å². The molecule has 1 aromatic carbocycles. The van der Waals surface area contributed by atoms with Crippen molar-refractivity contribution >= 4 is 35.0 Å². The number of anilines is 2. The van der Waals surface area contributed by atoms with Gasteiger partial charge in [-0.2, -0.15) is 0 Å². The van der Waals surface area contributed by atoms with E-state index in [0.717, 1.165) is 0 Å². The van der Waals surface area contributed by atoms with Gasteiger partial charge in [-0.25, -0.2) is 4.79 Å². The lowest BCUT2D eigenvalue weighted by atomic mass is 9.97. The van der Waals surface area contributed by atoms with Gasteiger partial charge in [-0.05, 0) is 52.7 Å². The number of nitrogen functional groups attached to an aromatic ring is 1. The fourth-order valence-corrected chi connectivity index (χ4v) is 3.26. The Balaban J connectivity index is 2.24. The minimum Gasteiger partial charge on any atom is -0.444 e. The molecule has 5 N–H and O–H groups in total. The fraction of sp³-hybridized carbons (Fsp3) is 0.556. The number of likely N-dealkylation sites (tertiary alicyclic amines) is 1. The average molecular weight is 383 g/mol. The van der Waals surface area contributed by atoms with E-state index in [1.807, 2.05) is 0 Å². The third-order valence-corrected chi connectivity index (χ3v) is 4.85. The Morgan fingerprint density at radius 3 is 2.62 bits per heavy atom. The summed E-state index contributed by atoms with van der Waals surface area (Å²) in [4.78, 5) is 27.0. The van der Waals surface area contributed by atoms with Crippen molar-refractivity contribution in [3.8, 4) is 0 Å².